The molecule has 37 heavy (non-hydrogen) atoms. The number of Topliss-reactive ketones (excluding diaryl/α,β-unsaturated/α-hetero) is 1. The number of fused-ring (bicyclic) bond motifs is 3. The molecule has 1 saturated heterocycles. The minimum Gasteiger partial charge on any atom is -0.472 e. The second kappa shape index (κ2) is 9.32. The molecule has 1 saturated carbocycles. The van der Waals surface area contributed by atoms with E-state index >= 15 is 0 Å². The minimum absolute atomic E-state index is 0.0228. The molecule has 2 fully saturated rings. The third kappa shape index (κ3) is 4.18. The van der Waals surface area contributed by atoms with Crippen molar-refractivity contribution in [3.05, 3.63) is 71.9 Å². The summed E-state index contributed by atoms with van der Waals surface area (Å²) in [7, 11) is 1.30. The standard InChI is InChI=1S/C29H30O8/c1-28-11-9-19-27(33)37-22(18-10-12-35-16-18)15-29(19,2)25(28)24(31)21(14-20(28)26(32)34-3)36-23(30)13-17-7-5-4-6-8-17/h4-8,10,12,14,16,19-20,22,25H,9,11,13,15H2,1-3H3/t19-,20-,22-,25-,28-,29-/m0/s1. The van der Waals surface area contributed by atoms with Crippen molar-refractivity contribution in [3.63, 3.8) is 0 Å². The van der Waals surface area contributed by atoms with Crippen molar-refractivity contribution in [3.8, 4) is 0 Å². The van der Waals surface area contributed by atoms with Crippen molar-refractivity contribution >= 4 is 23.7 Å². The Morgan fingerprint density at radius 2 is 1.84 bits per heavy atom. The molecular weight excluding hydrogens is 476 g/mol. The number of carbonyl (C=O) groups excluding carboxylic acids is 4. The quantitative estimate of drug-likeness (QED) is 0.435. The van der Waals surface area contributed by atoms with Gasteiger partial charge in [0.05, 0.1) is 37.9 Å². The lowest BCUT2D eigenvalue weighted by Gasteiger charge is -2.59. The smallest absolute Gasteiger partial charge is 0.315 e. The minimum atomic E-state index is -0.848. The molecule has 2 heterocycles. The van der Waals surface area contributed by atoms with Crippen molar-refractivity contribution in [2.75, 3.05) is 7.11 Å². The number of esters is 3. The van der Waals surface area contributed by atoms with E-state index in [0.717, 1.165) is 5.56 Å². The fourth-order valence-corrected chi connectivity index (χ4v) is 6.81. The lowest BCUT2D eigenvalue weighted by molar-refractivity contribution is -0.198. The van der Waals surface area contributed by atoms with Gasteiger partial charge in [-0.25, -0.2) is 0 Å². The van der Waals surface area contributed by atoms with E-state index in [9.17, 15) is 19.2 Å². The van der Waals surface area contributed by atoms with Gasteiger partial charge in [0.25, 0.3) is 0 Å². The molecule has 1 aromatic heterocycles. The first kappa shape index (κ1) is 25.0. The van der Waals surface area contributed by atoms with Crippen molar-refractivity contribution in [1.82, 2.24) is 0 Å². The van der Waals surface area contributed by atoms with Crippen LogP contribution in [0.15, 0.2) is 65.2 Å². The summed E-state index contributed by atoms with van der Waals surface area (Å²) in [6.07, 6.45) is 5.14. The molecule has 5 rings (SSSR count). The highest BCUT2D eigenvalue weighted by Gasteiger charge is 2.66. The molecule has 0 bridgehead atoms. The molecule has 2 aliphatic carbocycles. The lowest BCUT2D eigenvalue weighted by Crippen LogP contribution is -2.61. The summed E-state index contributed by atoms with van der Waals surface area (Å²) >= 11 is 0. The normalized spacial score (nSPS) is 32.9. The van der Waals surface area contributed by atoms with Gasteiger partial charge < -0.3 is 18.6 Å². The molecule has 6 atom stereocenters. The van der Waals surface area contributed by atoms with E-state index in [-0.39, 0.29) is 23.9 Å². The van der Waals surface area contributed by atoms with E-state index < -0.39 is 46.6 Å². The number of hydrogen-bond donors (Lipinski definition) is 0. The van der Waals surface area contributed by atoms with Crippen LogP contribution in [0.2, 0.25) is 0 Å². The predicted molar refractivity (Wildman–Crippen MR) is 129 cm³/mol. The average Bonchev–Trinajstić information content (AvgIpc) is 3.40. The van der Waals surface area contributed by atoms with Gasteiger partial charge in [-0.15, -0.1) is 0 Å². The number of furan rings is 1. The Morgan fingerprint density at radius 3 is 2.51 bits per heavy atom. The van der Waals surface area contributed by atoms with E-state index in [0.29, 0.717) is 24.8 Å². The summed E-state index contributed by atoms with van der Waals surface area (Å²) in [5, 5.41) is 0. The maximum Gasteiger partial charge on any atom is 0.315 e. The number of hydrogen-bond acceptors (Lipinski definition) is 8. The Hall–Kier alpha value is -3.68. The van der Waals surface area contributed by atoms with Gasteiger partial charge in [0.2, 0.25) is 5.78 Å². The van der Waals surface area contributed by atoms with Crippen LogP contribution in [0.3, 0.4) is 0 Å². The third-order valence-electron chi connectivity index (χ3n) is 8.57. The van der Waals surface area contributed by atoms with E-state index in [4.69, 9.17) is 18.6 Å². The van der Waals surface area contributed by atoms with Crippen LogP contribution in [0, 0.1) is 28.6 Å². The highest BCUT2D eigenvalue weighted by atomic mass is 16.6. The summed E-state index contributed by atoms with van der Waals surface area (Å²) < 4.78 is 21.7. The monoisotopic (exact) mass is 506 g/mol. The van der Waals surface area contributed by atoms with Crippen molar-refractivity contribution < 1.29 is 37.8 Å². The Morgan fingerprint density at radius 1 is 1.08 bits per heavy atom. The zero-order chi connectivity index (χ0) is 26.4. The number of ketones is 1. The highest BCUT2D eigenvalue weighted by molar-refractivity contribution is 6.01. The average molecular weight is 507 g/mol. The van der Waals surface area contributed by atoms with E-state index in [1.54, 1.807) is 18.2 Å². The van der Waals surface area contributed by atoms with Crippen LogP contribution < -0.4 is 0 Å². The number of allylic oxidation sites excluding steroid dienone is 1. The SMILES string of the molecule is COC(=O)[C@@H]1C=C(OC(=O)Cc2ccccc2)C(=O)[C@H]2[C@@]1(C)CC[C@H]1C(=O)O[C@H](c3ccoc3)C[C@]21C. The third-order valence-corrected chi connectivity index (χ3v) is 8.57. The van der Waals surface area contributed by atoms with Crippen LogP contribution in [0.4, 0.5) is 0 Å². The Balaban J connectivity index is 1.52. The van der Waals surface area contributed by atoms with Gasteiger partial charge in [0.15, 0.2) is 5.76 Å². The fourth-order valence-electron chi connectivity index (χ4n) is 6.81. The van der Waals surface area contributed by atoms with Gasteiger partial charge in [-0.05, 0) is 47.8 Å². The predicted octanol–water partition coefficient (Wildman–Crippen LogP) is 4.35. The topological polar surface area (TPSA) is 109 Å². The molecule has 1 aliphatic heterocycles. The zero-order valence-corrected chi connectivity index (χ0v) is 21.1. The molecule has 0 spiro atoms. The second-order valence-corrected chi connectivity index (χ2v) is 10.8. The highest BCUT2D eigenvalue weighted by Crippen LogP contribution is 2.64. The van der Waals surface area contributed by atoms with Crippen LogP contribution in [0.1, 0.15) is 50.3 Å². The summed E-state index contributed by atoms with van der Waals surface area (Å²) in [6, 6.07) is 10.8. The molecule has 0 unspecified atom stereocenters. The van der Waals surface area contributed by atoms with Gasteiger partial charge in [-0.2, -0.15) is 0 Å². The van der Waals surface area contributed by atoms with Gasteiger partial charge in [-0.3, -0.25) is 19.2 Å². The molecular formula is C29H30O8. The van der Waals surface area contributed by atoms with Crippen LogP contribution in [-0.2, 0) is 39.8 Å². The van der Waals surface area contributed by atoms with Gasteiger partial charge in [0.1, 0.15) is 6.10 Å². The Kier molecular flexibility index (Phi) is 6.30. The number of rotatable bonds is 5. The van der Waals surface area contributed by atoms with Crippen LogP contribution in [0.5, 0.6) is 0 Å². The zero-order valence-electron chi connectivity index (χ0n) is 21.1. The summed E-state index contributed by atoms with van der Waals surface area (Å²) in [4.78, 5) is 53.1. The maximum atomic E-state index is 14.1. The molecule has 8 nitrogen and oxygen atoms in total. The van der Waals surface area contributed by atoms with Crippen LogP contribution >= 0.6 is 0 Å². The maximum absolute atomic E-state index is 14.1. The fraction of sp³-hybridized carbons (Fsp3) is 0.448. The molecule has 0 amide bonds. The molecule has 8 heteroatoms. The first-order chi connectivity index (χ1) is 17.7. The van der Waals surface area contributed by atoms with Gasteiger partial charge >= 0.3 is 17.9 Å². The van der Waals surface area contributed by atoms with Gasteiger partial charge in [-0.1, -0.05) is 44.2 Å². The molecule has 2 aromatic rings. The number of methoxy groups -OCH3 is 1. The molecule has 3 aliphatic rings. The van der Waals surface area contributed by atoms with Crippen molar-refractivity contribution in [1.29, 1.82) is 0 Å². The van der Waals surface area contributed by atoms with E-state index in [1.165, 1.54) is 25.7 Å². The Bertz CT molecular complexity index is 1250. The van der Waals surface area contributed by atoms with E-state index in [1.807, 2.05) is 32.0 Å². The number of ether oxygens (including phenoxy) is 3. The largest absolute Gasteiger partial charge is 0.472 e. The van der Waals surface area contributed by atoms with Crippen molar-refractivity contribution in [2.24, 2.45) is 28.6 Å². The molecule has 0 N–H and O–H groups in total. The van der Waals surface area contributed by atoms with Crippen LogP contribution in [0.25, 0.3) is 0 Å². The first-order valence-corrected chi connectivity index (χ1v) is 12.5. The van der Waals surface area contributed by atoms with Gasteiger partial charge in [0, 0.05) is 11.5 Å². The number of benzene rings is 1. The molecule has 0 radical (unpaired) electrons. The van der Waals surface area contributed by atoms with Crippen molar-refractivity contribution in [2.45, 2.75) is 45.6 Å². The molecule has 1 aromatic carbocycles. The molecule has 194 valence electrons. The summed E-state index contributed by atoms with van der Waals surface area (Å²) in [5.41, 5.74) is -0.228. The van der Waals surface area contributed by atoms with Crippen LogP contribution in [-0.4, -0.2) is 30.8 Å². The Labute approximate surface area is 214 Å². The lowest BCUT2D eigenvalue weighted by atomic mass is 9.44. The second-order valence-electron chi connectivity index (χ2n) is 10.8. The number of cyclic esters (lactones) is 1. The first-order valence-electron chi connectivity index (χ1n) is 12.5. The summed E-state index contributed by atoms with van der Waals surface area (Å²) in [5.74, 6) is -4.15. The summed E-state index contributed by atoms with van der Waals surface area (Å²) in [6.45, 7) is 3.80. The van der Waals surface area contributed by atoms with E-state index in [2.05, 4.69) is 0 Å². The number of carbonyl (C=O) groups is 4.